The summed E-state index contributed by atoms with van der Waals surface area (Å²) >= 11 is 0. The molecule has 1 aromatic heterocycles. The fraction of sp³-hybridized carbons (Fsp3) is 0.188. The Bertz CT molecular complexity index is 2750. The number of hydrogen-bond donors (Lipinski definition) is 0. The third-order valence-electron chi connectivity index (χ3n) is 11.5. The number of halogens is 25. The van der Waals surface area contributed by atoms with Crippen LogP contribution >= 0.6 is 0 Å². The van der Waals surface area contributed by atoms with Crippen molar-refractivity contribution < 1.29 is 114 Å². The molecule has 1 heterocycles. The van der Waals surface area contributed by atoms with Gasteiger partial charge < -0.3 is 0 Å². The number of fused-ring (bicyclic) bond motifs is 1. The van der Waals surface area contributed by atoms with Gasteiger partial charge in [0.25, 0.3) is 0 Å². The molecule has 0 radical (unpaired) electrons. The summed E-state index contributed by atoms with van der Waals surface area (Å²) in [6.45, 7) is 0.755. The van der Waals surface area contributed by atoms with Gasteiger partial charge in [0.1, 0.15) is 12.0 Å². The van der Waals surface area contributed by atoms with Gasteiger partial charge in [-0.1, -0.05) is 66.7 Å². The summed E-state index contributed by atoms with van der Waals surface area (Å²) in [5, 5.41) is 2.44. The standard InChI is InChI=1S/C32H12BF24.C16H13FN/c34-25(35,36)13-1-14(26(37,38)39)6-21(5-13)33(22-7-15(27(40,41)42)2-16(8-22)28(43,44)45,23-9-17(29(46,47)48)3-18(10-23)30(49,50)51)24-11-19(31(52,53)54)4-20(12-24)32(55,56)57;17-16-7-5-13(6-8-16)11-18-10-9-14-3-1-2-4-15(14)12-18/h1-12H;1-10,12H,11H2/q-1;+1. The van der Waals surface area contributed by atoms with Crippen LogP contribution in [0.5, 0.6) is 0 Å². The summed E-state index contributed by atoms with van der Waals surface area (Å²) in [4.78, 5) is 0. The van der Waals surface area contributed by atoms with E-state index in [2.05, 4.69) is 29.0 Å². The number of pyridine rings is 1. The average Bonchev–Trinajstić information content (AvgIpc) is 3.27. The molecule has 7 aromatic rings. The maximum atomic E-state index is 14.2. The molecule has 0 saturated carbocycles. The van der Waals surface area contributed by atoms with Gasteiger partial charge in [-0.25, -0.2) is 8.96 Å². The Morgan fingerprint density at radius 3 is 0.813 bits per heavy atom. The summed E-state index contributed by atoms with van der Waals surface area (Å²) in [7, 11) is 0. The highest BCUT2D eigenvalue weighted by Crippen LogP contribution is 2.41. The second-order valence-corrected chi connectivity index (χ2v) is 16.6. The van der Waals surface area contributed by atoms with E-state index in [1.54, 1.807) is 0 Å². The van der Waals surface area contributed by atoms with Gasteiger partial charge in [0, 0.05) is 17.0 Å². The molecule has 7 rings (SSSR count). The fourth-order valence-electron chi connectivity index (χ4n) is 8.15. The molecule has 0 spiro atoms. The molecule has 0 amide bonds. The van der Waals surface area contributed by atoms with E-state index in [0.717, 1.165) is 12.1 Å². The van der Waals surface area contributed by atoms with Crippen molar-refractivity contribution in [1.82, 2.24) is 0 Å². The summed E-state index contributed by atoms with van der Waals surface area (Å²) in [5.41, 5.74) is -29.1. The van der Waals surface area contributed by atoms with Crippen LogP contribution in [0.15, 0.2) is 140 Å². The molecule has 0 aliphatic rings. The molecular formula is C48H25BF25N. The zero-order chi connectivity index (χ0) is 56.3. The zero-order valence-corrected chi connectivity index (χ0v) is 36.5. The molecule has 0 unspecified atom stereocenters. The van der Waals surface area contributed by atoms with Crippen molar-refractivity contribution >= 4 is 38.8 Å². The third kappa shape index (κ3) is 13.1. The molecule has 1 nitrogen and oxygen atoms in total. The van der Waals surface area contributed by atoms with Gasteiger partial charge >= 0.3 is 49.4 Å². The Morgan fingerprint density at radius 1 is 0.307 bits per heavy atom. The molecule has 6 aromatic carbocycles. The molecule has 27 heteroatoms. The Morgan fingerprint density at radius 2 is 0.560 bits per heavy atom. The van der Waals surface area contributed by atoms with Crippen LogP contribution in [0.1, 0.15) is 50.1 Å². The highest BCUT2D eigenvalue weighted by Gasteiger charge is 2.47. The number of hydrogen-bond acceptors (Lipinski definition) is 0. The molecule has 0 aliphatic heterocycles. The highest BCUT2D eigenvalue weighted by molar-refractivity contribution is 7.20. The molecule has 0 aliphatic carbocycles. The van der Waals surface area contributed by atoms with Crippen molar-refractivity contribution in [2.24, 2.45) is 0 Å². The van der Waals surface area contributed by atoms with E-state index in [-0.39, 0.29) is 5.82 Å². The molecule has 0 fully saturated rings. The van der Waals surface area contributed by atoms with Crippen molar-refractivity contribution in [3.63, 3.8) is 0 Å². The van der Waals surface area contributed by atoms with Crippen LogP contribution in [0.25, 0.3) is 10.8 Å². The first kappa shape index (κ1) is 57.3. The van der Waals surface area contributed by atoms with Crippen molar-refractivity contribution in [1.29, 1.82) is 0 Å². The van der Waals surface area contributed by atoms with Gasteiger partial charge in [-0.2, -0.15) is 127 Å². The first-order valence-corrected chi connectivity index (χ1v) is 20.6. The van der Waals surface area contributed by atoms with E-state index in [0.29, 0.717) is 0 Å². The number of nitrogens with zero attached hydrogens (tertiary/aromatic N) is 1. The minimum atomic E-state index is -6.13. The lowest BCUT2D eigenvalue weighted by Crippen LogP contribution is -2.75. The summed E-state index contributed by atoms with van der Waals surface area (Å²) in [5.74, 6) is -0.192. The smallest absolute Gasteiger partial charge is 0.207 e. The highest BCUT2D eigenvalue weighted by atomic mass is 19.4. The van der Waals surface area contributed by atoms with Crippen LogP contribution in [0.2, 0.25) is 0 Å². The molecular weight excluding hydrogens is 1080 g/mol. The largest absolute Gasteiger partial charge is 0.416 e. The van der Waals surface area contributed by atoms with Gasteiger partial charge in [0.2, 0.25) is 0 Å². The lowest BCUT2D eigenvalue weighted by molar-refractivity contribution is -0.687. The van der Waals surface area contributed by atoms with Gasteiger partial charge in [0.15, 0.2) is 18.9 Å². The van der Waals surface area contributed by atoms with E-state index in [1.807, 2.05) is 30.5 Å². The first-order chi connectivity index (χ1) is 34.1. The van der Waals surface area contributed by atoms with Crippen molar-refractivity contribution in [2.75, 3.05) is 0 Å². The quantitative estimate of drug-likeness (QED) is 0.0888. The number of benzene rings is 6. The third-order valence-corrected chi connectivity index (χ3v) is 11.5. The van der Waals surface area contributed by atoms with Crippen molar-refractivity contribution in [2.45, 2.75) is 56.0 Å². The summed E-state index contributed by atoms with van der Waals surface area (Å²) < 4.78 is 356. The van der Waals surface area contributed by atoms with Gasteiger partial charge in [0.05, 0.1) is 44.5 Å². The topological polar surface area (TPSA) is 3.88 Å². The second-order valence-electron chi connectivity index (χ2n) is 16.6. The van der Waals surface area contributed by atoms with E-state index in [4.69, 9.17) is 0 Å². The Balaban J connectivity index is 0.000000421. The van der Waals surface area contributed by atoms with Gasteiger partial charge in [-0.3, -0.25) is 0 Å². The van der Waals surface area contributed by atoms with Crippen LogP contribution in [-0.4, -0.2) is 6.15 Å². The molecule has 0 atom stereocenters. The van der Waals surface area contributed by atoms with Crippen LogP contribution in [0.3, 0.4) is 0 Å². The fourth-order valence-corrected chi connectivity index (χ4v) is 8.15. The number of aromatic nitrogens is 1. The predicted molar refractivity (Wildman–Crippen MR) is 220 cm³/mol. The van der Waals surface area contributed by atoms with Gasteiger partial charge in [-0.05, 0) is 60.0 Å². The first-order valence-electron chi connectivity index (χ1n) is 20.6. The maximum absolute atomic E-state index is 14.2. The average molecular weight is 1100 g/mol. The van der Waals surface area contributed by atoms with Crippen LogP contribution in [0.4, 0.5) is 110 Å². The monoisotopic (exact) mass is 1100 g/mol. The van der Waals surface area contributed by atoms with E-state index < -0.39 is 195 Å². The van der Waals surface area contributed by atoms with E-state index >= 15 is 0 Å². The normalized spacial score (nSPS) is 13.5. The van der Waals surface area contributed by atoms with Crippen LogP contribution in [0, 0.1) is 5.82 Å². The van der Waals surface area contributed by atoms with Crippen molar-refractivity contribution in [3.8, 4) is 0 Å². The summed E-state index contributed by atoms with van der Waals surface area (Å²) in [6, 6.07) is 8.17. The molecule has 0 saturated heterocycles. The minimum Gasteiger partial charge on any atom is -0.207 e. The molecule has 400 valence electrons. The lowest BCUT2D eigenvalue weighted by atomic mass is 9.12. The predicted octanol–water partition coefficient (Wildman–Crippen LogP) is 14.5. The van der Waals surface area contributed by atoms with Crippen LogP contribution in [-0.2, 0) is 56.0 Å². The lowest BCUT2D eigenvalue weighted by Gasteiger charge is -2.46. The zero-order valence-electron chi connectivity index (χ0n) is 36.5. The molecule has 0 bridgehead atoms. The summed E-state index contributed by atoms with van der Waals surface area (Å²) in [6.07, 6.45) is -50.6. The Labute approximate surface area is 404 Å². The Hall–Kier alpha value is -6.96. The minimum absolute atomic E-state index is 0.192. The maximum Gasteiger partial charge on any atom is 0.416 e. The van der Waals surface area contributed by atoms with Crippen molar-refractivity contribution in [3.05, 3.63) is 196 Å². The van der Waals surface area contributed by atoms with E-state index in [1.165, 1.54) is 22.9 Å². The SMILES string of the molecule is FC(F)(F)c1cc([B-](c2cc(C(F)(F)F)cc(C(F)(F)F)c2)(c2cc(C(F)(F)F)cc(C(F)(F)F)c2)c2cc(C(F)(F)F)cc(C(F)(F)F)c2)cc(C(F)(F)F)c1.Fc1ccc(C[n+]2ccc3ccccc3c2)cc1. The Kier molecular flexibility index (Phi) is 15.0. The van der Waals surface area contributed by atoms with Crippen LogP contribution < -0.4 is 26.4 Å². The molecule has 75 heavy (non-hydrogen) atoms. The molecule has 0 N–H and O–H groups in total. The number of alkyl halides is 24. The number of rotatable bonds is 6. The second kappa shape index (κ2) is 19.6. The van der Waals surface area contributed by atoms with E-state index in [9.17, 15) is 110 Å². The van der Waals surface area contributed by atoms with Gasteiger partial charge in [-0.15, -0.1) is 0 Å².